The Kier molecular flexibility index (Phi) is 5.27. The quantitative estimate of drug-likeness (QED) is 0.886. The smallest absolute Gasteiger partial charge is 0.274 e. The minimum absolute atomic E-state index is 0.129. The van der Waals surface area contributed by atoms with Crippen molar-refractivity contribution in [3.63, 3.8) is 0 Å². The first kappa shape index (κ1) is 15.4. The zero-order chi connectivity index (χ0) is 14.6. The molecular formula is C14H24N4O. The normalized spacial score (nSPS) is 11.1. The summed E-state index contributed by atoms with van der Waals surface area (Å²) in [5.74, 6) is 0.691. The van der Waals surface area contributed by atoms with E-state index in [1.54, 1.807) is 11.9 Å². The Hall–Kier alpha value is -1.65. The van der Waals surface area contributed by atoms with Crippen LogP contribution in [0.15, 0.2) is 6.20 Å². The van der Waals surface area contributed by atoms with E-state index in [4.69, 9.17) is 5.73 Å². The maximum Gasteiger partial charge on any atom is 0.274 e. The van der Waals surface area contributed by atoms with E-state index >= 15 is 0 Å². The highest BCUT2D eigenvalue weighted by Crippen LogP contribution is 2.17. The summed E-state index contributed by atoms with van der Waals surface area (Å²) in [4.78, 5) is 22.7. The number of rotatable bonds is 5. The molecule has 0 aliphatic carbocycles. The predicted octanol–water partition coefficient (Wildman–Crippen LogP) is 2.44. The third kappa shape index (κ3) is 3.43. The molecule has 1 aromatic heterocycles. The Morgan fingerprint density at radius 3 is 2.42 bits per heavy atom. The van der Waals surface area contributed by atoms with Gasteiger partial charge in [-0.05, 0) is 12.8 Å². The van der Waals surface area contributed by atoms with Gasteiger partial charge in [0.15, 0.2) is 5.69 Å². The second-order valence-corrected chi connectivity index (χ2v) is 5.07. The molecule has 2 N–H and O–H groups in total. The van der Waals surface area contributed by atoms with Crippen LogP contribution < -0.4 is 5.73 Å². The minimum atomic E-state index is -0.129. The van der Waals surface area contributed by atoms with Crippen LogP contribution >= 0.6 is 0 Å². The van der Waals surface area contributed by atoms with Gasteiger partial charge in [0.05, 0.1) is 11.9 Å². The van der Waals surface area contributed by atoms with E-state index in [9.17, 15) is 4.79 Å². The van der Waals surface area contributed by atoms with Gasteiger partial charge in [0, 0.05) is 19.0 Å². The van der Waals surface area contributed by atoms with E-state index in [0.717, 1.165) is 12.8 Å². The van der Waals surface area contributed by atoms with Crippen molar-refractivity contribution in [1.29, 1.82) is 0 Å². The summed E-state index contributed by atoms with van der Waals surface area (Å²) >= 11 is 0. The van der Waals surface area contributed by atoms with Crippen LogP contribution in [-0.4, -0.2) is 33.9 Å². The second-order valence-electron chi connectivity index (χ2n) is 5.07. The first-order valence-corrected chi connectivity index (χ1v) is 6.81. The van der Waals surface area contributed by atoms with Gasteiger partial charge < -0.3 is 10.6 Å². The Morgan fingerprint density at radius 1 is 1.37 bits per heavy atom. The third-order valence-corrected chi connectivity index (χ3v) is 3.37. The standard InChI is InChI=1S/C14H24N4O/c1-6-10(7-2)18(5)14(19)12-11(15)8-16-13(17-12)9(3)4/h8-10H,6-7,15H2,1-5H3. The van der Waals surface area contributed by atoms with E-state index in [1.165, 1.54) is 6.20 Å². The summed E-state index contributed by atoms with van der Waals surface area (Å²) in [6.45, 7) is 8.12. The Balaban J connectivity index is 3.08. The topological polar surface area (TPSA) is 72.1 Å². The van der Waals surface area contributed by atoms with E-state index in [1.807, 2.05) is 13.8 Å². The monoisotopic (exact) mass is 264 g/mol. The SMILES string of the molecule is CCC(CC)N(C)C(=O)c1nc(C(C)C)ncc1N. The summed E-state index contributed by atoms with van der Waals surface area (Å²) in [7, 11) is 1.80. The number of carbonyl (C=O) groups excluding carboxylic acids is 1. The molecule has 0 saturated carbocycles. The molecule has 0 saturated heterocycles. The molecule has 0 bridgehead atoms. The van der Waals surface area contributed by atoms with Crippen LogP contribution in [0.1, 0.15) is 62.8 Å². The molecule has 1 aromatic rings. The lowest BCUT2D eigenvalue weighted by Gasteiger charge is -2.26. The van der Waals surface area contributed by atoms with Crippen molar-refractivity contribution < 1.29 is 4.79 Å². The molecule has 0 aliphatic heterocycles. The molecular weight excluding hydrogens is 240 g/mol. The molecule has 0 aromatic carbocycles. The average molecular weight is 264 g/mol. The van der Waals surface area contributed by atoms with Crippen molar-refractivity contribution in [1.82, 2.24) is 14.9 Å². The van der Waals surface area contributed by atoms with Gasteiger partial charge in [-0.1, -0.05) is 27.7 Å². The number of amides is 1. The first-order valence-electron chi connectivity index (χ1n) is 6.81. The van der Waals surface area contributed by atoms with Crippen LogP contribution in [0.5, 0.6) is 0 Å². The van der Waals surface area contributed by atoms with Gasteiger partial charge in [-0.25, -0.2) is 9.97 Å². The number of aromatic nitrogens is 2. The number of carbonyl (C=O) groups is 1. The molecule has 0 spiro atoms. The van der Waals surface area contributed by atoms with Crippen molar-refractivity contribution in [2.45, 2.75) is 52.5 Å². The molecule has 1 amide bonds. The Labute approximate surface area is 115 Å². The second kappa shape index (κ2) is 6.50. The number of hydrogen-bond donors (Lipinski definition) is 1. The van der Waals surface area contributed by atoms with Gasteiger partial charge in [0.1, 0.15) is 5.82 Å². The molecule has 19 heavy (non-hydrogen) atoms. The summed E-state index contributed by atoms with van der Waals surface area (Å²) in [5, 5.41) is 0. The lowest BCUT2D eigenvalue weighted by molar-refractivity contribution is 0.0718. The van der Waals surface area contributed by atoms with Crippen molar-refractivity contribution in [2.24, 2.45) is 0 Å². The maximum atomic E-state index is 12.5. The minimum Gasteiger partial charge on any atom is -0.396 e. The fourth-order valence-electron chi connectivity index (χ4n) is 2.02. The average Bonchev–Trinajstić information content (AvgIpc) is 2.39. The number of nitrogens with zero attached hydrogens (tertiary/aromatic N) is 3. The summed E-state index contributed by atoms with van der Waals surface area (Å²) in [6.07, 6.45) is 3.36. The maximum absolute atomic E-state index is 12.5. The molecule has 0 unspecified atom stereocenters. The molecule has 5 heteroatoms. The predicted molar refractivity (Wildman–Crippen MR) is 77.0 cm³/mol. The van der Waals surface area contributed by atoms with Crippen LogP contribution in [0.4, 0.5) is 5.69 Å². The molecule has 0 fully saturated rings. The molecule has 5 nitrogen and oxygen atoms in total. The van der Waals surface area contributed by atoms with E-state index in [0.29, 0.717) is 17.2 Å². The van der Waals surface area contributed by atoms with Crippen molar-refractivity contribution in [3.8, 4) is 0 Å². The molecule has 0 atom stereocenters. The van der Waals surface area contributed by atoms with Crippen molar-refractivity contribution in [2.75, 3.05) is 12.8 Å². The number of nitrogens with two attached hydrogens (primary N) is 1. The Morgan fingerprint density at radius 2 is 1.95 bits per heavy atom. The molecule has 0 aliphatic rings. The lowest BCUT2D eigenvalue weighted by Crippen LogP contribution is -2.37. The lowest BCUT2D eigenvalue weighted by atomic mass is 10.1. The van der Waals surface area contributed by atoms with Crippen LogP contribution in [0, 0.1) is 0 Å². The van der Waals surface area contributed by atoms with Gasteiger partial charge in [-0.2, -0.15) is 0 Å². The molecule has 0 radical (unpaired) electrons. The zero-order valence-electron chi connectivity index (χ0n) is 12.5. The van der Waals surface area contributed by atoms with E-state index < -0.39 is 0 Å². The molecule has 1 heterocycles. The molecule has 1 rings (SSSR count). The van der Waals surface area contributed by atoms with Gasteiger partial charge in [0.2, 0.25) is 0 Å². The van der Waals surface area contributed by atoms with Gasteiger partial charge in [0.25, 0.3) is 5.91 Å². The number of hydrogen-bond acceptors (Lipinski definition) is 4. The van der Waals surface area contributed by atoms with E-state index in [2.05, 4.69) is 23.8 Å². The number of anilines is 1. The fraction of sp³-hybridized carbons (Fsp3) is 0.643. The molecule has 106 valence electrons. The van der Waals surface area contributed by atoms with Gasteiger partial charge in [-0.3, -0.25) is 4.79 Å². The van der Waals surface area contributed by atoms with Crippen molar-refractivity contribution in [3.05, 3.63) is 17.7 Å². The number of nitrogen functional groups attached to an aromatic ring is 1. The van der Waals surface area contributed by atoms with Crippen LogP contribution in [-0.2, 0) is 0 Å². The van der Waals surface area contributed by atoms with Crippen molar-refractivity contribution >= 4 is 11.6 Å². The highest BCUT2D eigenvalue weighted by Gasteiger charge is 2.22. The van der Waals surface area contributed by atoms with Crippen LogP contribution in [0.3, 0.4) is 0 Å². The third-order valence-electron chi connectivity index (χ3n) is 3.37. The Bertz CT molecular complexity index is 441. The largest absolute Gasteiger partial charge is 0.396 e. The summed E-state index contributed by atoms with van der Waals surface area (Å²) < 4.78 is 0. The van der Waals surface area contributed by atoms with Crippen LogP contribution in [0.2, 0.25) is 0 Å². The van der Waals surface area contributed by atoms with E-state index in [-0.39, 0.29) is 17.9 Å². The first-order chi connectivity index (χ1) is 8.92. The fourth-order valence-corrected chi connectivity index (χ4v) is 2.02. The highest BCUT2D eigenvalue weighted by atomic mass is 16.2. The van der Waals surface area contributed by atoms with Gasteiger partial charge in [-0.15, -0.1) is 0 Å². The summed E-state index contributed by atoms with van der Waals surface area (Å²) in [5.41, 5.74) is 6.49. The summed E-state index contributed by atoms with van der Waals surface area (Å²) in [6, 6.07) is 0.212. The highest BCUT2D eigenvalue weighted by molar-refractivity contribution is 5.97. The van der Waals surface area contributed by atoms with Gasteiger partial charge >= 0.3 is 0 Å². The zero-order valence-corrected chi connectivity index (χ0v) is 12.5. The van der Waals surface area contributed by atoms with Crippen LogP contribution in [0.25, 0.3) is 0 Å².